The molecule has 0 amide bonds. The minimum atomic E-state index is 0.772. The summed E-state index contributed by atoms with van der Waals surface area (Å²) in [4.78, 5) is 3.43. The van der Waals surface area contributed by atoms with Crippen LogP contribution in [-0.4, -0.2) is 6.54 Å². The molecule has 3 unspecified atom stereocenters. The quantitative estimate of drug-likeness (QED) is 0.532. The van der Waals surface area contributed by atoms with Crippen LogP contribution >= 0.6 is 0 Å². The normalized spacial score (nSPS) is 40.8. The maximum atomic E-state index is 6.73. The Kier molecular flexibility index (Phi) is 1.85. The van der Waals surface area contributed by atoms with Crippen LogP contribution in [0.1, 0.15) is 32.1 Å². The molecule has 0 aromatic heterocycles. The third-order valence-corrected chi connectivity index (χ3v) is 3.50. The predicted molar refractivity (Wildman–Crippen MR) is 45.0 cm³/mol. The number of hydrogen-bond donors (Lipinski definition) is 0. The molecule has 2 fully saturated rings. The average Bonchev–Trinajstić information content (AvgIpc) is 2.60. The van der Waals surface area contributed by atoms with E-state index in [2.05, 4.69) is 4.85 Å². The largest absolute Gasteiger partial charge is 0.317 e. The molecule has 0 aromatic carbocycles. The van der Waals surface area contributed by atoms with Gasteiger partial charge in [0.05, 0.1) is 0 Å². The second kappa shape index (κ2) is 2.85. The van der Waals surface area contributed by atoms with Crippen LogP contribution in [0.5, 0.6) is 0 Å². The van der Waals surface area contributed by atoms with Crippen LogP contribution in [0.2, 0.25) is 0 Å². The zero-order chi connectivity index (χ0) is 7.68. The first kappa shape index (κ1) is 7.16. The highest BCUT2D eigenvalue weighted by Crippen LogP contribution is 2.49. The van der Waals surface area contributed by atoms with E-state index >= 15 is 0 Å². The third-order valence-electron chi connectivity index (χ3n) is 3.50. The topological polar surface area (TPSA) is 4.36 Å². The molecule has 0 aliphatic heterocycles. The van der Waals surface area contributed by atoms with Crippen LogP contribution in [0, 0.1) is 24.3 Å². The molecule has 0 spiro atoms. The van der Waals surface area contributed by atoms with Crippen molar-refractivity contribution in [3.05, 3.63) is 11.4 Å². The van der Waals surface area contributed by atoms with Gasteiger partial charge in [-0.3, -0.25) is 0 Å². The van der Waals surface area contributed by atoms with E-state index in [1.165, 1.54) is 32.1 Å². The van der Waals surface area contributed by atoms with Gasteiger partial charge in [-0.1, -0.05) is 6.42 Å². The number of nitrogens with zero attached hydrogens (tertiary/aromatic N) is 1. The van der Waals surface area contributed by atoms with Crippen molar-refractivity contribution in [2.45, 2.75) is 32.1 Å². The molecule has 0 heterocycles. The second-order valence-electron chi connectivity index (χ2n) is 4.11. The Balaban J connectivity index is 1.84. The lowest BCUT2D eigenvalue weighted by molar-refractivity contribution is 0.322. The van der Waals surface area contributed by atoms with Gasteiger partial charge in [-0.15, -0.1) is 0 Å². The zero-order valence-corrected chi connectivity index (χ0v) is 6.92. The van der Waals surface area contributed by atoms with E-state index in [0.717, 1.165) is 24.3 Å². The zero-order valence-electron chi connectivity index (χ0n) is 6.92. The SMILES string of the molecule is [C-]#[N+]CCC1CC2CCC1C2. The van der Waals surface area contributed by atoms with Gasteiger partial charge in [-0.05, 0) is 37.0 Å². The van der Waals surface area contributed by atoms with Gasteiger partial charge < -0.3 is 4.85 Å². The Morgan fingerprint density at radius 2 is 2.18 bits per heavy atom. The molecule has 0 N–H and O–H groups in total. The lowest BCUT2D eigenvalue weighted by Crippen LogP contribution is -2.10. The first-order chi connectivity index (χ1) is 5.40. The Labute approximate surface area is 68.6 Å². The van der Waals surface area contributed by atoms with Crippen molar-refractivity contribution in [2.75, 3.05) is 6.54 Å². The summed E-state index contributed by atoms with van der Waals surface area (Å²) in [6.45, 7) is 7.50. The van der Waals surface area contributed by atoms with Crippen molar-refractivity contribution >= 4 is 0 Å². The van der Waals surface area contributed by atoms with Gasteiger partial charge in [0.25, 0.3) is 0 Å². The highest BCUT2D eigenvalue weighted by molar-refractivity contribution is 4.90. The molecule has 0 radical (unpaired) electrons. The van der Waals surface area contributed by atoms with Crippen LogP contribution in [-0.2, 0) is 0 Å². The van der Waals surface area contributed by atoms with Crippen molar-refractivity contribution < 1.29 is 0 Å². The van der Waals surface area contributed by atoms with Crippen molar-refractivity contribution in [2.24, 2.45) is 17.8 Å². The van der Waals surface area contributed by atoms with Crippen molar-refractivity contribution in [3.8, 4) is 0 Å². The maximum absolute atomic E-state index is 6.73. The van der Waals surface area contributed by atoms with Gasteiger partial charge in [0, 0.05) is 6.42 Å². The summed E-state index contributed by atoms with van der Waals surface area (Å²) < 4.78 is 0. The molecule has 60 valence electrons. The Bertz CT molecular complexity index is 180. The molecule has 2 bridgehead atoms. The van der Waals surface area contributed by atoms with Crippen LogP contribution in [0.15, 0.2) is 0 Å². The highest BCUT2D eigenvalue weighted by atomic mass is 14.6. The Morgan fingerprint density at radius 1 is 1.27 bits per heavy atom. The van der Waals surface area contributed by atoms with Gasteiger partial charge in [0.15, 0.2) is 0 Å². The fourth-order valence-corrected chi connectivity index (χ4v) is 2.96. The number of hydrogen-bond acceptors (Lipinski definition) is 0. The molecule has 1 nitrogen and oxygen atoms in total. The smallest absolute Gasteiger partial charge is 0.214 e. The van der Waals surface area contributed by atoms with E-state index in [-0.39, 0.29) is 0 Å². The van der Waals surface area contributed by atoms with Gasteiger partial charge in [0.1, 0.15) is 0 Å². The van der Waals surface area contributed by atoms with Gasteiger partial charge in [0.2, 0.25) is 6.54 Å². The molecule has 2 aliphatic carbocycles. The van der Waals surface area contributed by atoms with E-state index in [4.69, 9.17) is 6.57 Å². The third kappa shape index (κ3) is 1.27. The van der Waals surface area contributed by atoms with Gasteiger partial charge in [-0.2, -0.15) is 0 Å². The summed E-state index contributed by atoms with van der Waals surface area (Å²) in [6, 6.07) is 0. The molecule has 2 saturated carbocycles. The number of rotatable bonds is 2. The van der Waals surface area contributed by atoms with Crippen molar-refractivity contribution in [1.82, 2.24) is 0 Å². The highest BCUT2D eigenvalue weighted by Gasteiger charge is 2.39. The fourth-order valence-electron chi connectivity index (χ4n) is 2.96. The Morgan fingerprint density at radius 3 is 2.73 bits per heavy atom. The van der Waals surface area contributed by atoms with Gasteiger partial charge in [-0.25, -0.2) is 6.57 Å². The standard InChI is InChI=1S/C10H15N/c1-11-5-4-10-7-8-2-3-9(10)6-8/h8-10H,2-7H2. The lowest BCUT2D eigenvalue weighted by atomic mass is 9.86. The van der Waals surface area contributed by atoms with Crippen LogP contribution < -0.4 is 0 Å². The van der Waals surface area contributed by atoms with E-state index in [1.54, 1.807) is 0 Å². The molecule has 0 saturated heterocycles. The van der Waals surface area contributed by atoms with Crippen LogP contribution in [0.25, 0.3) is 4.85 Å². The summed E-state index contributed by atoms with van der Waals surface area (Å²) in [6.07, 6.45) is 7.07. The fraction of sp³-hybridized carbons (Fsp3) is 0.900. The first-order valence-electron chi connectivity index (χ1n) is 4.73. The first-order valence-corrected chi connectivity index (χ1v) is 4.73. The summed E-state index contributed by atoms with van der Waals surface area (Å²) in [5.74, 6) is 3.00. The minimum absolute atomic E-state index is 0.772. The molecule has 0 aromatic rings. The van der Waals surface area contributed by atoms with E-state index < -0.39 is 0 Å². The lowest BCUT2D eigenvalue weighted by Gasteiger charge is -2.18. The average molecular weight is 149 g/mol. The molecular formula is C10H15N. The summed E-state index contributed by atoms with van der Waals surface area (Å²) in [5, 5.41) is 0. The molecule has 3 atom stereocenters. The van der Waals surface area contributed by atoms with Crippen molar-refractivity contribution in [3.63, 3.8) is 0 Å². The van der Waals surface area contributed by atoms with Crippen molar-refractivity contribution in [1.29, 1.82) is 0 Å². The van der Waals surface area contributed by atoms with E-state index in [9.17, 15) is 0 Å². The van der Waals surface area contributed by atoms with Crippen LogP contribution in [0.4, 0.5) is 0 Å². The molecule has 2 rings (SSSR count). The molecule has 11 heavy (non-hydrogen) atoms. The molecule has 1 heteroatoms. The van der Waals surface area contributed by atoms with Crippen LogP contribution in [0.3, 0.4) is 0 Å². The van der Waals surface area contributed by atoms with E-state index in [0.29, 0.717) is 0 Å². The maximum Gasteiger partial charge on any atom is 0.214 e. The second-order valence-corrected chi connectivity index (χ2v) is 4.11. The number of fused-ring (bicyclic) bond motifs is 2. The summed E-state index contributed by atoms with van der Waals surface area (Å²) in [7, 11) is 0. The Hall–Kier alpha value is -0.510. The molecule has 2 aliphatic rings. The predicted octanol–water partition coefficient (Wildman–Crippen LogP) is 2.73. The van der Waals surface area contributed by atoms with E-state index in [1.807, 2.05) is 0 Å². The monoisotopic (exact) mass is 149 g/mol. The summed E-state index contributed by atoms with van der Waals surface area (Å²) >= 11 is 0. The van der Waals surface area contributed by atoms with Gasteiger partial charge >= 0.3 is 0 Å². The minimum Gasteiger partial charge on any atom is -0.317 e. The molecular weight excluding hydrogens is 134 g/mol. The summed E-state index contributed by atoms with van der Waals surface area (Å²) in [5.41, 5.74) is 0.